The first-order valence-corrected chi connectivity index (χ1v) is 3.43. The molecule has 0 aliphatic rings. The van der Waals surface area contributed by atoms with Crippen LogP contribution in [0, 0.1) is 0 Å². The molecule has 0 aromatic carbocycles. The Balaban J connectivity index is 4.14. The fraction of sp³-hybridized carbons (Fsp3) is 0.667. The highest BCUT2D eigenvalue weighted by molar-refractivity contribution is 5.74. The van der Waals surface area contributed by atoms with Crippen LogP contribution in [0.3, 0.4) is 0 Å². The Kier molecular flexibility index (Phi) is 4.06. The molecule has 0 saturated carbocycles. The molecule has 0 heterocycles. The Hall–Kier alpha value is -1.30. The van der Waals surface area contributed by atoms with Gasteiger partial charge in [-0.3, -0.25) is 4.79 Å². The average molecular weight is 176 g/mol. The predicted molar refractivity (Wildman–Crippen MR) is 40.4 cm³/mol. The Morgan fingerprint density at radius 3 is 2.33 bits per heavy atom. The number of carboxylic acids is 1. The highest BCUT2D eigenvalue weighted by Gasteiger charge is 2.25. The van der Waals surface area contributed by atoms with Crippen LogP contribution in [0.15, 0.2) is 0 Å². The predicted octanol–water partition coefficient (Wildman–Crippen LogP) is -0.728. The zero-order chi connectivity index (χ0) is 9.72. The van der Waals surface area contributed by atoms with Gasteiger partial charge in [0.05, 0.1) is 0 Å². The van der Waals surface area contributed by atoms with Gasteiger partial charge in [0.1, 0.15) is 12.1 Å². The molecule has 0 fully saturated rings. The minimum Gasteiger partial charge on any atom is -0.480 e. The van der Waals surface area contributed by atoms with Gasteiger partial charge >= 0.3 is 12.1 Å². The van der Waals surface area contributed by atoms with E-state index in [-0.39, 0.29) is 0 Å². The second-order valence-electron chi connectivity index (χ2n) is 2.25. The number of carboxylic acid groups (broad SMARTS) is 1. The maximum atomic E-state index is 10.3. The molecule has 1 amide bonds. The van der Waals surface area contributed by atoms with Crippen molar-refractivity contribution in [2.45, 2.75) is 25.5 Å². The molecule has 2 unspecified atom stereocenters. The summed E-state index contributed by atoms with van der Waals surface area (Å²) in [6.45, 7) is 1.65. The molecular formula is C6H12N2O4. The van der Waals surface area contributed by atoms with E-state index in [0.717, 1.165) is 0 Å². The number of carbonyl (C=O) groups excluding carboxylic acids is 1. The standard InChI is InChI=1S/C6H12N2O4/c1-2-3(12-6(8)11)4(7)5(9)10/h3-4H,2,7H2,1H3,(H2,8,11)(H,9,10). The van der Waals surface area contributed by atoms with E-state index in [4.69, 9.17) is 16.6 Å². The Labute approximate surface area is 69.5 Å². The van der Waals surface area contributed by atoms with Crippen molar-refractivity contribution in [3.8, 4) is 0 Å². The van der Waals surface area contributed by atoms with Crippen molar-refractivity contribution in [1.82, 2.24) is 0 Å². The number of amides is 1. The van der Waals surface area contributed by atoms with Crippen molar-refractivity contribution >= 4 is 12.1 Å². The lowest BCUT2D eigenvalue weighted by Gasteiger charge is -2.17. The first-order chi connectivity index (χ1) is 5.49. The molecule has 0 aromatic heterocycles. The minimum absolute atomic E-state index is 0.316. The van der Waals surface area contributed by atoms with E-state index >= 15 is 0 Å². The maximum Gasteiger partial charge on any atom is 0.404 e. The molecule has 0 bridgehead atoms. The first kappa shape index (κ1) is 10.7. The van der Waals surface area contributed by atoms with Crippen LogP contribution >= 0.6 is 0 Å². The van der Waals surface area contributed by atoms with Crippen LogP contribution in [0.1, 0.15) is 13.3 Å². The van der Waals surface area contributed by atoms with Crippen molar-refractivity contribution < 1.29 is 19.4 Å². The van der Waals surface area contributed by atoms with Crippen LogP contribution in [0.25, 0.3) is 0 Å². The van der Waals surface area contributed by atoms with Crippen molar-refractivity contribution in [2.75, 3.05) is 0 Å². The molecule has 0 aliphatic heterocycles. The highest BCUT2D eigenvalue weighted by atomic mass is 16.6. The van der Waals surface area contributed by atoms with Crippen LogP contribution in [0.5, 0.6) is 0 Å². The Morgan fingerprint density at radius 1 is 1.58 bits per heavy atom. The third-order valence-electron chi connectivity index (χ3n) is 1.36. The van der Waals surface area contributed by atoms with E-state index in [1.807, 2.05) is 0 Å². The zero-order valence-corrected chi connectivity index (χ0v) is 6.69. The molecule has 0 aliphatic carbocycles. The summed E-state index contributed by atoms with van der Waals surface area (Å²) in [6.07, 6.45) is -1.56. The normalized spacial score (nSPS) is 14.8. The van der Waals surface area contributed by atoms with Gasteiger partial charge < -0.3 is 21.3 Å². The monoisotopic (exact) mass is 176 g/mol. The number of primary amides is 1. The lowest BCUT2D eigenvalue weighted by atomic mass is 10.1. The van der Waals surface area contributed by atoms with Crippen molar-refractivity contribution in [3.63, 3.8) is 0 Å². The molecule has 6 heteroatoms. The molecule has 2 atom stereocenters. The van der Waals surface area contributed by atoms with Gasteiger partial charge in [-0.25, -0.2) is 4.79 Å². The maximum absolute atomic E-state index is 10.3. The molecule has 0 radical (unpaired) electrons. The number of ether oxygens (including phenoxy) is 1. The molecule has 0 spiro atoms. The average Bonchev–Trinajstić information content (AvgIpc) is 1.98. The minimum atomic E-state index is -1.22. The van der Waals surface area contributed by atoms with E-state index < -0.39 is 24.2 Å². The number of aliphatic carboxylic acids is 1. The van der Waals surface area contributed by atoms with Crippen molar-refractivity contribution in [2.24, 2.45) is 11.5 Å². The van der Waals surface area contributed by atoms with Gasteiger partial charge in [0.2, 0.25) is 0 Å². The molecule has 6 nitrogen and oxygen atoms in total. The van der Waals surface area contributed by atoms with Crippen molar-refractivity contribution in [1.29, 1.82) is 0 Å². The summed E-state index contributed by atoms with van der Waals surface area (Å²) < 4.78 is 4.46. The molecule has 12 heavy (non-hydrogen) atoms. The smallest absolute Gasteiger partial charge is 0.404 e. The number of carbonyl (C=O) groups is 2. The quantitative estimate of drug-likeness (QED) is 0.522. The van der Waals surface area contributed by atoms with Gasteiger partial charge in [0.15, 0.2) is 0 Å². The van der Waals surface area contributed by atoms with Gasteiger partial charge in [0, 0.05) is 0 Å². The summed E-state index contributed by atoms with van der Waals surface area (Å²) in [6, 6.07) is -1.22. The van der Waals surface area contributed by atoms with Gasteiger partial charge in [-0.15, -0.1) is 0 Å². The van der Waals surface area contributed by atoms with Crippen LogP contribution in [0.4, 0.5) is 4.79 Å². The molecule has 0 saturated heterocycles. The van der Waals surface area contributed by atoms with Gasteiger partial charge in [-0.05, 0) is 6.42 Å². The summed E-state index contributed by atoms with van der Waals surface area (Å²) in [5.74, 6) is -1.22. The van der Waals surface area contributed by atoms with E-state index in [9.17, 15) is 9.59 Å². The van der Waals surface area contributed by atoms with Crippen LogP contribution in [0.2, 0.25) is 0 Å². The molecule has 5 N–H and O–H groups in total. The lowest BCUT2D eigenvalue weighted by molar-refractivity contribution is -0.141. The molecule has 0 rings (SSSR count). The summed E-state index contributed by atoms with van der Waals surface area (Å²) >= 11 is 0. The first-order valence-electron chi connectivity index (χ1n) is 3.43. The summed E-state index contributed by atoms with van der Waals surface area (Å²) in [4.78, 5) is 20.6. The van der Waals surface area contributed by atoms with Crippen LogP contribution in [-0.2, 0) is 9.53 Å². The van der Waals surface area contributed by atoms with Gasteiger partial charge in [0.25, 0.3) is 0 Å². The fourth-order valence-electron chi connectivity index (χ4n) is 0.719. The molecule has 70 valence electrons. The number of hydrogen-bond acceptors (Lipinski definition) is 4. The third kappa shape index (κ3) is 3.20. The topological polar surface area (TPSA) is 116 Å². The Morgan fingerprint density at radius 2 is 2.08 bits per heavy atom. The van der Waals surface area contributed by atoms with Crippen LogP contribution < -0.4 is 11.5 Å². The summed E-state index contributed by atoms with van der Waals surface area (Å²) in [7, 11) is 0. The second kappa shape index (κ2) is 4.55. The third-order valence-corrected chi connectivity index (χ3v) is 1.36. The van der Waals surface area contributed by atoms with E-state index in [1.54, 1.807) is 6.92 Å². The van der Waals surface area contributed by atoms with Gasteiger partial charge in [-0.2, -0.15) is 0 Å². The fourth-order valence-corrected chi connectivity index (χ4v) is 0.719. The molecule has 0 aromatic rings. The van der Waals surface area contributed by atoms with Crippen molar-refractivity contribution in [3.05, 3.63) is 0 Å². The van der Waals surface area contributed by atoms with Crippen LogP contribution in [-0.4, -0.2) is 29.3 Å². The largest absolute Gasteiger partial charge is 0.480 e. The summed E-state index contributed by atoms with van der Waals surface area (Å²) in [5.41, 5.74) is 9.88. The lowest BCUT2D eigenvalue weighted by Crippen LogP contribution is -2.44. The number of rotatable bonds is 4. The number of hydrogen-bond donors (Lipinski definition) is 3. The van der Waals surface area contributed by atoms with E-state index in [2.05, 4.69) is 4.74 Å². The van der Waals surface area contributed by atoms with Gasteiger partial charge in [-0.1, -0.05) is 6.92 Å². The van der Waals surface area contributed by atoms with E-state index in [0.29, 0.717) is 6.42 Å². The molecular weight excluding hydrogens is 164 g/mol. The summed E-state index contributed by atoms with van der Waals surface area (Å²) in [5, 5.41) is 8.44. The SMILES string of the molecule is CCC(OC(N)=O)C(N)C(=O)O. The zero-order valence-electron chi connectivity index (χ0n) is 6.69. The second-order valence-corrected chi connectivity index (χ2v) is 2.25. The van der Waals surface area contributed by atoms with E-state index in [1.165, 1.54) is 0 Å². The highest BCUT2D eigenvalue weighted by Crippen LogP contribution is 2.02. The Bertz CT molecular complexity index is 182. The number of nitrogens with two attached hydrogens (primary N) is 2.